The fourth-order valence-corrected chi connectivity index (χ4v) is 4.01. The van der Waals surface area contributed by atoms with Gasteiger partial charge in [-0.25, -0.2) is 13.2 Å². The van der Waals surface area contributed by atoms with E-state index in [1.165, 1.54) is 31.6 Å². The molecule has 1 amide bonds. The molecule has 1 heterocycles. The first-order valence-electron chi connectivity index (χ1n) is 8.08. The van der Waals surface area contributed by atoms with E-state index in [-0.39, 0.29) is 4.90 Å². The van der Waals surface area contributed by atoms with E-state index in [1.807, 2.05) is 6.92 Å². The maximum absolute atomic E-state index is 12.4. The second-order valence-electron chi connectivity index (χ2n) is 6.57. The molecule has 2 rings (SSSR count). The molecular formula is C16H23N3O5S. The Morgan fingerprint density at radius 1 is 1.40 bits per heavy atom. The third-order valence-corrected chi connectivity index (χ3v) is 6.41. The van der Waals surface area contributed by atoms with Gasteiger partial charge in [-0.2, -0.15) is 4.31 Å². The number of aliphatic carboxylic acids is 1. The van der Waals surface area contributed by atoms with Crippen molar-refractivity contribution in [2.24, 2.45) is 5.92 Å². The molecule has 0 atom stereocenters. The van der Waals surface area contributed by atoms with Gasteiger partial charge in [0, 0.05) is 19.4 Å². The van der Waals surface area contributed by atoms with Gasteiger partial charge in [0.1, 0.15) is 10.4 Å². The van der Waals surface area contributed by atoms with Crippen LogP contribution in [0.15, 0.2) is 29.4 Å². The molecule has 0 unspecified atom stereocenters. The average Bonchev–Trinajstić information content (AvgIpc) is 2.57. The van der Waals surface area contributed by atoms with Gasteiger partial charge >= 0.3 is 5.97 Å². The Labute approximate surface area is 147 Å². The number of hydrogen-bond donors (Lipinski definition) is 2. The summed E-state index contributed by atoms with van der Waals surface area (Å²) in [4.78, 5) is 27.7. The molecule has 9 heteroatoms. The highest BCUT2D eigenvalue weighted by Gasteiger charge is 2.42. The van der Waals surface area contributed by atoms with E-state index < -0.39 is 34.0 Å². The predicted molar refractivity (Wildman–Crippen MR) is 90.2 cm³/mol. The molecule has 1 aliphatic carbocycles. The lowest BCUT2D eigenvalue weighted by Crippen LogP contribution is -2.58. The normalized spacial score (nSPS) is 24.0. The first-order chi connectivity index (χ1) is 11.7. The van der Waals surface area contributed by atoms with Gasteiger partial charge in [0.15, 0.2) is 0 Å². The summed E-state index contributed by atoms with van der Waals surface area (Å²) in [5.41, 5.74) is -1.32. The number of amides is 1. The van der Waals surface area contributed by atoms with Crippen LogP contribution in [0.2, 0.25) is 0 Å². The van der Waals surface area contributed by atoms with Gasteiger partial charge in [0.25, 0.3) is 0 Å². The number of hydrogen-bond acceptors (Lipinski definition) is 5. The number of carboxylic acids is 1. The van der Waals surface area contributed by atoms with Crippen molar-refractivity contribution in [3.63, 3.8) is 0 Å². The van der Waals surface area contributed by atoms with Crippen molar-refractivity contribution >= 4 is 21.9 Å². The van der Waals surface area contributed by atoms with E-state index in [4.69, 9.17) is 0 Å². The molecule has 1 aromatic rings. The van der Waals surface area contributed by atoms with E-state index in [0.29, 0.717) is 31.6 Å². The van der Waals surface area contributed by atoms with E-state index >= 15 is 0 Å². The molecule has 0 aromatic carbocycles. The summed E-state index contributed by atoms with van der Waals surface area (Å²) in [5, 5.41) is 12.1. The fourth-order valence-electron chi connectivity index (χ4n) is 2.92. The number of nitrogens with one attached hydrogen (secondary N) is 1. The van der Waals surface area contributed by atoms with E-state index in [2.05, 4.69) is 10.3 Å². The maximum atomic E-state index is 12.4. The largest absolute Gasteiger partial charge is 0.480 e. The van der Waals surface area contributed by atoms with Gasteiger partial charge in [-0.3, -0.25) is 9.78 Å². The summed E-state index contributed by atoms with van der Waals surface area (Å²) in [6.07, 6.45) is 4.74. The van der Waals surface area contributed by atoms with Crippen molar-refractivity contribution in [1.82, 2.24) is 14.6 Å². The molecule has 25 heavy (non-hydrogen) atoms. The zero-order chi connectivity index (χ0) is 18.7. The van der Waals surface area contributed by atoms with E-state index in [9.17, 15) is 23.1 Å². The number of rotatable bonds is 6. The molecule has 0 saturated heterocycles. The van der Waals surface area contributed by atoms with Gasteiger partial charge in [-0.05, 0) is 43.7 Å². The van der Waals surface area contributed by atoms with Gasteiger partial charge in [0.2, 0.25) is 15.9 Å². The van der Waals surface area contributed by atoms with Crippen molar-refractivity contribution < 1.29 is 23.1 Å². The average molecular weight is 369 g/mol. The van der Waals surface area contributed by atoms with Crippen LogP contribution in [0.25, 0.3) is 0 Å². The minimum absolute atomic E-state index is 0.0234. The molecular weight excluding hydrogens is 346 g/mol. The van der Waals surface area contributed by atoms with E-state index in [0.717, 1.165) is 4.31 Å². The number of carboxylic acid groups (broad SMARTS) is 1. The van der Waals surface area contributed by atoms with Gasteiger partial charge in [0.05, 0.1) is 6.54 Å². The minimum atomic E-state index is -3.86. The van der Waals surface area contributed by atoms with Crippen LogP contribution in [0.3, 0.4) is 0 Å². The maximum Gasteiger partial charge on any atom is 0.329 e. The first kappa shape index (κ1) is 19.3. The Balaban J connectivity index is 2.07. The summed E-state index contributed by atoms with van der Waals surface area (Å²) < 4.78 is 25.7. The Morgan fingerprint density at radius 2 is 2.04 bits per heavy atom. The van der Waals surface area contributed by atoms with Crippen LogP contribution < -0.4 is 5.32 Å². The van der Waals surface area contributed by atoms with Crippen LogP contribution in [0, 0.1) is 5.92 Å². The zero-order valence-electron chi connectivity index (χ0n) is 14.3. The number of carbonyl (C=O) groups is 2. The Morgan fingerprint density at radius 3 is 2.56 bits per heavy atom. The number of nitrogens with zero attached hydrogens (tertiary/aromatic N) is 2. The van der Waals surface area contributed by atoms with Crippen molar-refractivity contribution in [3.05, 3.63) is 24.5 Å². The molecule has 0 radical (unpaired) electrons. The first-order valence-corrected chi connectivity index (χ1v) is 9.52. The van der Waals surface area contributed by atoms with Crippen LogP contribution in [-0.2, 0) is 19.6 Å². The minimum Gasteiger partial charge on any atom is -0.480 e. The van der Waals surface area contributed by atoms with Gasteiger partial charge < -0.3 is 10.4 Å². The molecule has 0 aliphatic heterocycles. The lowest BCUT2D eigenvalue weighted by atomic mass is 9.77. The molecule has 138 valence electrons. The number of aromatic nitrogens is 1. The van der Waals surface area contributed by atoms with E-state index in [1.54, 1.807) is 0 Å². The predicted octanol–water partition coefficient (Wildman–Crippen LogP) is 0.852. The highest BCUT2D eigenvalue weighted by atomic mass is 32.2. The van der Waals surface area contributed by atoms with Crippen LogP contribution in [0.1, 0.15) is 32.6 Å². The van der Waals surface area contributed by atoms with Crippen LogP contribution in [0.5, 0.6) is 0 Å². The van der Waals surface area contributed by atoms with Crippen molar-refractivity contribution in [2.75, 3.05) is 13.6 Å². The summed E-state index contributed by atoms with van der Waals surface area (Å²) in [6.45, 7) is 1.59. The molecule has 0 spiro atoms. The number of likely N-dealkylation sites (N-methyl/N-ethyl adjacent to an activating group) is 1. The third-order valence-electron chi connectivity index (χ3n) is 4.62. The summed E-state index contributed by atoms with van der Waals surface area (Å²) in [5.74, 6) is -1.30. The van der Waals surface area contributed by atoms with Crippen molar-refractivity contribution in [2.45, 2.75) is 43.0 Å². The van der Waals surface area contributed by atoms with Crippen molar-refractivity contribution in [1.29, 1.82) is 0 Å². The summed E-state index contributed by atoms with van der Waals surface area (Å²) in [7, 11) is -2.59. The molecule has 1 saturated carbocycles. The number of carbonyl (C=O) groups excluding carboxylic acids is 1. The lowest BCUT2D eigenvalue weighted by molar-refractivity contribution is -0.149. The second kappa shape index (κ2) is 7.49. The summed E-state index contributed by atoms with van der Waals surface area (Å²) >= 11 is 0. The smallest absolute Gasteiger partial charge is 0.329 e. The molecule has 8 nitrogen and oxygen atoms in total. The number of pyridine rings is 1. The monoisotopic (exact) mass is 369 g/mol. The molecule has 2 N–H and O–H groups in total. The summed E-state index contributed by atoms with van der Waals surface area (Å²) in [6, 6.07) is 2.88. The molecule has 0 bridgehead atoms. The number of sulfonamides is 1. The van der Waals surface area contributed by atoms with Crippen LogP contribution in [-0.4, -0.2) is 53.8 Å². The molecule has 1 aromatic heterocycles. The fraction of sp³-hybridized carbons (Fsp3) is 0.562. The third kappa shape index (κ3) is 4.35. The topological polar surface area (TPSA) is 117 Å². The van der Waals surface area contributed by atoms with Gasteiger partial charge in [-0.15, -0.1) is 0 Å². The lowest BCUT2D eigenvalue weighted by Gasteiger charge is -2.36. The van der Waals surface area contributed by atoms with Gasteiger partial charge in [-0.1, -0.05) is 6.92 Å². The highest BCUT2D eigenvalue weighted by molar-refractivity contribution is 7.89. The Hall–Kier alpha value is -2.00. The second-order valence-corrected chi connectivity index (χ2v) is 8.61. The van der Waals surface area contributed by atoms with Crippen molar-refractivity contribution in [3.8, 4) is 0 Å². The van der Waals surface area contributed by atoms with Crippen LogP contribution in [0.4, 0.5) is 0 Å². The standard InChI is InChI=1S/C16H23N3O5S/c1-12-5-7-16(8-6-12,15(21)22)18-14(20)11-19(2)25(23,24)13-4-3-9-17-10-13/h3-4,9-10,12H,5-8,11H2,1-2H3,(H,18,20)(H,21,22). The highest BCUT2D eigenvalue weighted by Crippen LogP contribution is 2.32. The Kier molecular flexibility index (Phi) is 5.79. The Bertz CT molecular complexity index is 727. The zero-order valence-corrected chi connectivity index (χ0v) is 15.1. The molecule has 1 fully saturated rings. The SMILES string of the molecule is CC1CCC(NC(=O)CN(C)S(=O)(=O)c2cccnc2)(C(=O)O)CC1. The quantitative estimate of drug-likeness (QED) is 0.768. The molecule has 1 aliphatic rings. The van der Waals surface area contributed by atoms with Crippen LogP contribution >= 0.6 is 0 Å².